The minimum absolute atomic E-state index is 0.0489. The lowest BCUT2D eigenvalue weighted by atomic mass is 9.93. The summed E-state index contributed by atoms with van der Waals surface area (Å²) < 4.78 is 1.90. The number of nitrogens with zero attached hydrogens (tertiary/aromatic N) is 3. The van der Waals surface area contributed by atoms with Crippen molar-refractivity contribution in [3.63, 3.8) is 0 Å². The van der Waals surface area contributed by atoms with Crippen molar-refractivity contribution < 1.29 is 4.79 Å². The second kappa shape index (κ2) is 6.19. The number of benzene rings is 1. The fourth-order valence-electron chi connectivity index (χ4n) is 2.89. The van der Waals surface area contributed by atoms with Gasteiger partial charge in [0.1, 0.15) is 0 Å². The van der Waals surface area contributed by atoms with Crippen LogP contribution < -0.4 is 0 Å². The zero-order valence-corrected chi connectivity index (χ0v) is 14.2. The predicted octanol–water partition coefficient (Wildman–Crippen LogP) is 3.33. The first-order chi connectivity index (χ1) is 10.9. The molecule has 1 aromatic heterocycles. The van der Waals surface area contributed by atoms with Gasteiger partial charge in [-0.25, -0.2) is 4.68 Å². The van der Waals surface area contributed by atoms with Crippen molar-refractivity contribution >= 4 is 5.91 Å². The number of aromatic nitrogens is 2. The van der Waals surface area contributed by atoms with E-state index in [-0.39, 0.29) is 11.3 Å². The molecule has 1 aromatic carbocycles. The highest BCUT2D eigenvalue weighted by Crippen LogP contribution is 2.21. The highest BCUT2D eigenvalue weighted by atomic mass is 16.2. The summed E-state index contributed by atoms with van der Waals surface area (Å²) in [6.45, 7) is 8.31. The van der Waals surface area contributed by atoms with Crippen LogP contribution in [0.1, 0.15) is 44.9 Å². The fourth-order valence-corrected chi connectivity index (χ4v) is 2.89. The van der Waals surface area contributed by atoms with Crippen LogP contribution in [0, 0.1) is 0 Å². The Morgan fingerprint density at radius 3 is 2.30 bits per heavy atom. The average Bonchev–Trinajstić information content (AvgIpc) is 3.19. The lowest BCUT2D eigenvalue weighted by Crippen LogP contribution is -2.29. The molecule has 0 aliphatic carbocycles. The lowest BCUT2D eigenvalue weighted by Gasteiger charge is -2.15. The molecule has 0 spiro atoms. The van der Waals surface area contributed by atoms with Gasteiger partial charge in [0.2, 0.25) is 5.91 Å². The van der Waals surface area contributed by atoms with Crippen LogP contribution in [0.3, 0.4) is 0 Å². The summed E-state index contributed by atoms with van der Waals surface area (Å²) >= 11 is 0. The van der Waals surface area contributed by atoms with E-state index in [9.17, 15) is 4.79 Å². The van der Waals surface area contributed by atoms with Gasteiger partial charge in [-0.15, -0.1) is 0 Å². The maximum Gasteiger partial charge on any atom is 0.226 e. The Kier molecular flexibility index (Phi) is 4.24. The molecule has 23 heavy (non-hydrogen) atoms. The van der Waals surface area contributed by atoms with Crippen LogP contribution in [0.15, 0.2) is 36.5 Å². The third-order valence-electron chi connectivity index (χ3n) is 4.37. The normalized spacial score (nSPS) is 15.2. The Labute approximate surface area is 138 Å². The molecule has 2 heterocycles. The summed E-state index contributed by atoms with van der Waals surface area (Å²) in [4.78, 5) is 14.2. The van der Waals surface area contributed by atoms with Crippen LogP contribution in [-0.2, 0) is 16.6 Å². The van der Waals surface area contributed by atoms with E-state index in [2.05, 4.69) is 31.9 Å². The molecule has 3 rings (SSSR count). The standard InChI is InChI=1S/C19H25N3O/c1-19(2,3)17-10-13-22(20-17)16-8-6-15(7-9-16)14-18(23)21-11-4-5-12-21/h6-10,13H,4-5,11-12,14H2,1-3H3. The van der Waals surface area contributed by atoms with Crippen molar-refractivity contribution in [1.29, 1.82) is 0 Å². The van der Waals surface area contributed by atoms with Crippen LogP contribution in [0.4, 0.5) is 0 Å². The number of carbonyl (C=O) groups is 1. The molecule has 0 bridgehead atoms. The molecule has 1 amide bonds. The molecule has 0 atom stereocenters. The molecule has 2 aromatic rings. The van der Waals surface area contributed by atoms with Gasteiger partial charge < -0.3 is 4.90 Å². The second-order valence-electron chi connectivity index (χ2n) is 7.33. The number of rotatable bonds is 3. The van der Waals surface area contributed by atoms with Gasteiger partial charge in [0.25, 0.3) is 0 Å². The van der Waals surface area contributed by atoms with Gasteiger partial charge in [-0.05, 0) is 36.6 Å². The van der Waals surface area contributed by atoms with Crippen molar-refractivity contribution in [3.8, 4) is 5.69 Å². The van der Waals surface area contributed by atoms with Crippen molar-refractivity contribution in [1.82, 2.24) is 14.7 Å². The fraction of sp³-hybridized carbons (Fsp3) is 0.474. The minimum Gasteiger partial charge on any atom is -0.342 e. The van der Waals surface area contributed by atoms with Crippen molar-refractivity contribution in [2.75, 3.05) is 13.1 Å². The zero-order valence-electron chi connectivity index (χ0n) is 14.2. The molecule has 0 saturated carbocycles. The number of hydrogen-bond donors (Lipinski definition) is 0. The summed E-state index contributed by atoms with van der Waals surface area (Å²) in [6.07, 6.45) is 4.76. The highest BCUT2D eigenvalue weighted by molar-refractivity contribution is 5.79. The maximum absolute atomic E-state index is 12.2. The molecule has 122 valence electrons. The van der Waals surface area contributed by atoms with Crippen LogP contribution in [0.25, 0.3) is 5.69 Å². The summed E-state index contributed by atoms with van der Waals surface area (Å²) in [7, 11) is 0. The van der Waals surface area contributed by atoms with E-state index in [0.717, 1.165) is 42.9 Å². The first kappa shape index (κ1) is 15.8. The van der Waals surface area contributed by atoms with Gasteiger partial charge in [-0.2, -0.15) is 5.10 Å². The van der Waals surface area contributed by atoms with Crippen molar-refractivity contribution in [3.05, 3.63) is 47.8 Å². The Morgan fingerprint density at radius 1 is 1.09 bits per heavy atom. The molecule has 4 heteroatoms. The van der Waals surface area contributed by atoms with Crippen LogP contribution >= 0.6 is 0 Å². The first-order valence-electron chi connectivity index (χ1n) is 8.37. The van der Waals surface area contributed by atoms with Gasteiger partial charge in [0.05, 0.1) is 17.8 Å². The van der Waals surface area contributed by atoms with Gasteiger partial charge in [0.15, 0.2) is 0 Å². The Morgan fingerprint density at radius 2 is 1.74 bits per heavy atom. The van der Waals surface area contributed by atoms with Crippen molar-refractivity contribution in [2.24, 2.45) is 0 Å². The van der Waals surface area contributed by atoms with Gasteiger partial charge >= 0.3 is 0 Å². The molecule has 1 aliphatic rings. The number of carbonyl (C=O) groups excluding carboxylic acids is 1. The molecule has 4 nitrogen and oxygen atoms in total. The zero-order chi connectivity index (χ0) is 16.4. The van der Waals surface area contributed by atoms with E-state index >= 15 is 0 Å². The van der Waals surface area contributed by atoms with Crippen LogP contribution in [-0.4, -0.2) is 33.7 Å². The van der Waals surface area contributed by atoms with E-state index in [1.54, 1.807) is 0 Å². The molecular formula is C19H25N3O. The third kappa shape index (κ3) is 3.63. The lowest BCUT2D eigenvalue weighted by molar-refractivity contribution is -0.129. The molecular weight excluding hydrogens is 286 g/mol. The predicted molar refractivity (Wildman–Crippen MR) is 91.8 cm³/mol. The first-order valence-corrected chi connectivity index (χ1v) is 8.37. The Hall–Kier alpha value is -2.10. The highest BCUT2D eigenvalue weighted by Gasteiger charge is 2.18. The Bertz CT molecular complexity index is 673. The molecule has 1 saturated heterocycles. The summed E-state index contributed by atoms with van der Waals surface area (Å²) in [6, 6.07) is 10.2. The smallest absolute Gasteiger partial charge is 0.226 e. The van der Waals surface area contributed by atoms with Gasteiger partial charge in [-0.1, -0.05) is 32.9 Å². The molecule has 0 N–H and O–H groups in total. The number of likely N-dealkylation sites (tertiary alicyclic amines) is 1. The molecule has 1 fully saturated rings. The summed E-state index contributed by atoms with van der Waals surface area (Å²) in [5, 5.41) is 4.65. The quantitative estimate of drug-likeness (QED) is 0.872. The largest absolute Gasteiger partial charge is 0.342 e. The second-order valence-corrected chi connectivity index (χ2v) is 7.33. The van der Waals surface area contributed by atoms with E-state index in [0.29, 0.717) is 6.42 Å². The summed E-state index contributed by atoms with van der Waals surface area (Å²) in [5.74, 6) is 0.240. The van der Waals surface area contributed by atoms with Crippen LogP contribution in [0.2, 0.25) is 0 Å². The average molecular weight is 311 g/mol. The minimum atomic E-state index is 0.0489. The van der Waals surface area contributed by atoms with Crippen molar-refractivity contribution in [2.45, 2.75) is 45.4 Å². The third-order valence-corrected chi connectivity index (χ3v) is 4.37. The molecule has 0 unspecified atom stereocenters. The van der Waals surface area contributed by atoms with E-state index in [4.69, 9.17) is 0 Å². The summed E-state index contributed by atoms with van der Waals surface area (Å²) in [5.41, 5.74) is 3.21. The number of hydrogen-bond acceptors (Lipinski definition) is 2. The van der Waals surface area contributed by atoms with E-state index in [1.807, 2.05) is 40.0 Å². The monoisotopic (exact) mass is 311 g/mol. The SMILES string of the molecule is CC(C)(C)c1ccn(-c2ccc(CC(=O)N3CCCC3)cc2)n1. The van der Waals surface area contributed by atoms with E-state index in [1.165, 1.54) is 0 Å². The molecule has 1 aliphatic heterocycles. The Balaban J connectivity index is 1.69. The molecule has 0 radical (unpaired) electrons. The number of amides is 1. The van der Waals surface area contributed by atoms with Crippen LogP contribution in [0.5, 0.6) is 0 Å². The van der Waals surface area contributed by atoms with Gasteiger partial charge in [0, 0.05) is 24.7 Å². The van der Waals surface area contributed by atoms with Gasteiger partial charge in [-0.3, -0.25) is 4.79 Å². The topological polar surface area (TPSA) is 38.1 Å². The maximum atomic E-state index is 12.2. The van der Waals surface area contributed by atoms with E-state index < -0.39 is 0 Å².